The van der Waals surface area contributed by atoms with Crippen molar-refractivity contribution in [1.82, 2.24) is 4.90 Å². The van der Waals surface area contributed by atoms with Crippen molar-refractivity contribution in [3.05, 3.63) is 46.5 Å². The fourth-order valence-corrected chi connectivity index (χ4v) is 6.46. The summed E-state index contributed by atoms with van der Waals surface area (Å²) >= 11 is 0. The summed E-state index contributed by atoms with van der Waals surface area (Å²) in [4.78, 5) is 2.76. The van der Waals surface area contributed by atoms with Crippen LogP contribution in [0.4, 0.5) is 0 Å². The summed E-state index contributed by atoms with van der Waals surface area (Å²) in [5.41, 5.74) is 5.58. The molecule has 2 aromatic rings. The van der Waals surface area contributed by atoms with Crippen LogP contribution in [-0.2, 0) is 12.8 Å². The fourth-order valence-electron chi connectivity index (χ4n) is 6.46. The van der Waals surface area contributed by atoms with Gasteiger partial charge >= 0.3 is 0 Å². The van der Waals surface area contributed by atoms with E-state index in [9.17, 15) is 0 Å². The van der Waals surface area contributed by atoms with Gasteiger partial charge in [-0.25, -0.2) is 0 Å². The normalized spacial score (nSPS) is 22.7. The Morgan fingerprint density at radius 3 is 1.94 bits per heavy atom. The first kappa shape index (κ1) is 22.4. The van der Waals surface area contributed by atoms with Crippen molar-refractivity contribution in [3.63, 3.8) is 0 Å². The monoisotopic (exact) mass is 451 g/mol. The van der Waals surface area contributed by atoms with Crippen molar-refractivity contribution in [2.75, 3.05) is 35.0 Å². The van der Waals surface area contributed by atoms with Gasteiger partial charge in [0, 0.05) is 18.6 Å². The molecule has 2 atom stereocenters. The van der Waals surface area contributed by atoms with Crippen molar-refractivity contribution in [2.24, 2.45) is 5.92 Å². The highest BCUT2D eigenvalue weighted by atomic mass is 16.5. The van der Waals surface area contributed by atoms with Crippen molar-refractivity contribution in [3.8, 4) is 23.0 Å². The second kappa shape index (κ2) is 9.46. The second-order valence-corrected chi connectivity index (χ2v) is 9.78. The first-order valence-electron chi connectivity index (χ1n) is 12.4. The minimum absolute atomic E-state index is 0.341. The van der Waals surface area contributed by atoms with Gasteiger partial charge in [-0.05, 0) is 71.7 Å². The fraction of sp³-hybridized carbons (Fsp3) is 0.571. The number of ether oxygens (including phenoxy) is 4. The van der Waals surface area contributed by atoms with Gasteiger partial charge in [-0.2, -0.15) is 0 Å². The lowest BCUT2D eigenvalue weighted by Gasteiger charge is -2.48. The molecule has 0 amide bonds. The molecule has 0 saturated heterocycles. The number of benzene rings is 2. The van der Waals surface area contributed by atoms with E-state index in [0.29, 0.717) is 12.1 Å². The second-order valence-electron chi connectivity index (χ2n) is 9.78. The third-order valence-corrected chi connectivity index (χ3v) is 8.14. The van der Waals surface area contributed by atoms with E-state index in [0.717, 1.165) is 48.3 Å². The van der Waals surface area contributed by atoms with Gasteiger partial charge in [-0.15, -0.1) is 0 Å². The minimum atomic E-state index is 0.341. The molecule has 0 spiro atoms. The summed E-state index contributed by atoms with van der Waals surface area (Å²) in [7, 11) is 6.91. The number of methoxy groups -OCH3 is 4. The average molecular weight is 452 g/mol. The highest BCUT2D eigenvalue weighted by molar-refractivity contribution is 5.53. The largest absolute Gasteiger partial charge is 0.493 e. The third kappa shape index (κ3) is 4.05. The van der Waals surface area contributed by atoms with Crippen LogP contribution in [-0.4, -0.2) is 39.9 Å². The molecule has 1 saturated carbocycles. The molecule has 1 aliphatic carbocycles. The summed E-state index contributed by atoms with van der Waals surface area (Å²) in [6.07, 6.45) is 10.1. The van der Waals surface area contributed by atoms with Gasteiger partial charge in [-0.3, -0.25) is 4.90 Å². The average Bonchev–Trinajstić information content (AvgIpc) is 2.87. The first-order chi connectivity index (χ1) is 16.2. The highest BCUT2D eigenvalue weighted by Crippen LogP contribution is 2.50. The van der Waals surface area contributed by atoms with Crippen molar-refractivity contribution < 1.29 is 18.9 Å². The maximum Gasteiger partial charge on any atom is 0.161 e. The van der Waals surface area contributed by atoms with E-state index >= 15 is 0 Å². The van der Waals surface area contributed by atoms with Gasteiger partial charge in [0.25, 0.3) is 0 Å². The maximum absolute atomic E-state index is 5.71. The van der Waals surface area contributed by atoms with Crippen LogP contribution in [0.1, 0.15) is 72.9 Å². The molecule has 5 heteroatoms. The molecular formula is C28H37NO4. The molecule has 0 unspecified atom stereocenters. The molecule has 33 heavy (non-hydrogen) atoms. The molecule has 2 aliphatic heterocycles. The SMILES string of the molecule is COc1cc2c(cc1OC)[C@@H]1Cc3cc(OC)c(OC)cc3[C@H](CC3CCCCC3)N1CC2. The van der Waals surface area contributed by atoms with Crippen LogP contribution < -0.4 is 18.9 Å². The van der Waals surface area contributed by atoms with Gasteiger partial charge in [-0.1, -0.05) is 32.1 Å². The maximum atomic E-state index is 5.71. The van der Waals surface area contributed by atoms with Crippen molar-refractivity contribution >= 4 is 0 Å². The zero-order valence-electron chi connectivity index (χ0n) is 20.5. The Morgan fingerprint density at radius 1 is 0.727 bits per heavy atom. The first-order valence-corrected chi connectivity index (χ1v) is 12.4. The van der Waals surface area contributed by atoms with Gasteiger partial charge in [0.1, 0.15) is 0 Å². The van der Waals surface area contributed by atoms with Crippen molar-refractivity contribution in [2.45, 2.75) is 63.5 Å². The zero-order valence-corrected chi connectivity index (χ0v) is 20.5. The third-order valence-electron chi connectivity index (χ3n) is 8.14. The topological polar surface area (TPSA) is 40.2 Å². The van der Waals surface area contributed by atoms with Crippen LogP contribution in [0.15, 0.2) is 24.3 Å². The molecule has 0 N–H and O–H groups in total. The van der Waals surface area contributed by atoms with Gasteiger partial charge in [0.2, 0.25) is 0 Å². The Labute approximate surface area is 198 Å². The van der Waals surface area contributed by atoms with Crippen LogP contribution in [0, 0.1) is 5.92 Å². The van der Waals surface area contributed by atoms with Crippen LogP contribution in [0.2, 0.25) is 0 Å². The lowest BCUT2D eigenvalue weighted by atomic mass is 9.76. The molecule has 178 valence electrons. The van der Waals surface area contributed by atoms with E-state index in [4.69, 9.17) is 18.9 Å². The quantitative estimate of drug-likeness (QED) is 0.548. The van der Waals surface area contributed by atoms with E-state index in [-0.39, 0.29) is 0 Å². The predicted molar refractivity (Wildman–Crippen MR) is 130 cm³/mol. The number of hydrogen-bond donors (Lipinski definition) is 0. The summed E-state index contributed by atoms with van der Waals surface area (Å²) in [6.45, 7) is 1.07. The molecule has 1 fully saturated rings. The standard InChI is InChI=1S/C28H37NO4/c1-30-25-14-19-10-11-29-23(12-18-8-6-5-7-9-18)22-17-28(33-4)26(31-2)15-20(22)13-24(29)21(19)16-27(25)32-3/h14-18,23-24H,5-13H2,1-4H3/t23-,24-/m0/s1. The highest BCUT2D eigenvalue weighted by Gasteiger charge is 2.40. The van der Waals surface area contributed by atoms with E-state index in [1.807, 2.05) is 0 Å². The van der Waals surface area contributed by atoms with E-state index < -0.39 is 0 Å². The minimum Gasteiger partial charge on any atom is -0.493 e. The van der Waals surface area contributed by atoms with Crippen molar-refractivity contribution in [1.29, 1.82) is 0 Å². The Morgan fingerprint density at radius 2 is 1.30 bits per heavy atom. The molecule has 3 aliphatic rings. The lowest BCUT2D eigenvalue weighted by molar-refractivity contribution is 0.0829. The molecular weight excluding hydrogens is 414 g/mol. The molecule has 2 aromatic carbocycles. The number of nitrogens with zero attached hydrogens (tertiary/aromatic N) is 1. The molecule has 0 radical (unpaired) electrons. The van der Waals surface area contributed by atoms with E-state index in [1.54, 1.807) is 28.4 Å². The summed E-state index contributed by atoms with van der Waals surface area (Å²) in [6, 6.07) is 9.62. The zero-order chi connectivity index (χ0) is 22.9. The van der Waals surface area contributed by atoms with Crippen LogP contribution in [0.3, 0.4) is 0 Å². The molecule has 5 nitrogen and oxygen atoms in total. The Kier molecular flexibility index (Phi) is 6.42. The molecule has 0 bridgehead atoms. The smallest absolute Gasteiger partial charge is 0.161 e. The van der Waals surface area contributed by atoms with Gasteiger partial charge in [0.15, 0.2) is 23.0 Å². The van der Waals surface area contributed by atoms with Crippen LogP contribution in [0.25, 0.3) is 0 Å². The summed E-state index contributed by atoms with van der Waals surface area (Å²) in [5, 5.41) is 0. The van der Waals surface area contributed by atoms with Gasteiger partial charge in [0.05, 0.1) is 28.4 Å². The Hall–Kier alpha value is -2.40. The number of fused-ring (bicyclic) bond motifs is 4. The van der Waals surface area contributed by atoms with E-state index in [2.05, 4.69) is 29.2 Å². The molecule has 2 heterocycles. The van der Waals surface area contributed by atoms with Gasteiger partial charge < -0.3 is 18.9 Å². The summed E-state index contributed by atoms with van der Waals surface area (Å²) < 4.78 is 22.7. The number of hydrogen-bond acceptors (Lipinski definition) is 5. The summed E-state index contributed by atoms with van der Waals surface area (Å²) in [5.74, 6) is 4.11. The molecule has 0 aromatic heterocycles. The number of rotatable bonds is 6. The Balaban J connectivity index is 1.59. The Bertz CT molecular complexity index is 998. The van der Waals surface area contributed by atoms with Crippen LogP contribution >= 0.6 is 0 Å². The predicted octanol–water partition coefficient (Wildman–Crippen LogP) is 5.89. The molecule has 5 rings (SSSR count). The lowest BCUT2D eigenvalue weighted by Crippen LogP contribution is -2.43. The van der Waals surface area contributed by atoms with E-state index in [1.165, 1.54) is 60.8 Å². The van der Waals surface area contributed by atoms with Crippen LogP contribution in [0.5, 0.6) is 23.0 Å².